The summed E-state index contributed by atoms with van der Waals surface area (Å²) in [5, 5.41) is 3.79. The van der Waals surface area contributed by atoms with E-state index < -0.39 is 0 Å². The fourth-order valence-electron chi connectivity index (χ4n) is 3.57. The molecule has 118 valence electrons. The molecule has 0 spiro atoms. The third kappa shape index (κ3) is 5.04. The fraction of sp³-hybridized carbons (Fsp3) is 1.00. The second-order valence-corrected chi connectivity index (χ2v) is 7.85. The van der Waals surface area contributed by atoms with Crippen LogP contribution in [0.25, 0.3) is 0 Å². The Bertz CT molecular complexity index is 265. The quantitative estimate of drug-likeness (QED) is 0.685. The van der Waals surface area contributed by atoms with Crippen LogP contribution in [0.4, 0.5) is 0 Å². The molecule has 2 aliphatic rings. The van der Waals surface area contributed by atoms with Gasteiger partial charge in [-0.2, -0.15) is 0 Å². The van der Waals surface area contributed by atoms with Gasteiger partial charge in [-0.3, -0.25) is 4.90 Å². The zero-order valence-electron chi connectivity index (χ0n) is 14.2. The molecule has 0 aromatic carbocycles. The Balaban J connectivity index is 1.94. The molecule has 0 radical (unpaired) electrons. The van der Waals surface area contributed by atoms with Crippen molar-refractivity contribution in [3.05, 3.63) is 0 Å². The van der Waals surface area contributed by atoms with Crippen LogP contribution in [0.2, 0.25) is 0 Å². The average Bonchev–Trinajstić information content (AvgIpc) is 3.05. The second-order valence-electron chi connectivity index (χ2n) is 7.85. The van der Waals surface area contributed by atoms with Gasteiger partial charge in [-0.15, -0.1) is 0 Å². The molecule has 2 aliphatic carbocycles. The Morgan fingerprint density at radius 1 is 1.00 bits per heavy atom. The minimum Gasteiger partial charge on any atom is -0.312 e. The van der Waals surface area contributed by atoms with Crippen LogP contribution < -0.4 is 5.32 Å². The molecule has 0 bridgehead atoms. The first-order valence-corrected chi connectivity index (χ1v) is 9.07. The molecule has 2 saturated carbocycles. The number of nitrogens with one attached hydrogen (secondary N) is 1. The van der Waals surface area contributed by atoms with E-state index in [1.165, 1.54) is 58.0 Å². The number of nitrogens with zero attached hydrogens (tertiary/aromatic N) is 1. The summed E-state index contributed by atoms with van der Waals surface area (Å²) in [5.41, 5.74) is 0. The summed E-state index contributed by atoms with van der Waals surface area (Å²) in [5.74, 6) is 1.58. The van der Waals surface area contributed by atoms with Crippen LogP contribution in [-0.2, 0) is 0 Å². The lowest BCUT2D eigenvalue weighted by molar-refractivity contribution is 0.0951. The Morgan fingerprint density at radius 2 is 1.65 bits per heavy atom. The van der Waals surface area contributed by atoms with Crippen molar-refractivity contribution in [2.45, 2.75) is 90.8 Å². The summed E-state index contributed by atoms with van der Waals surface area (Å²) in [6.45, 7) is 12.1. The van der Waals surface area contributed by atoms with Crippen LogP contribution in [0.3, 0.4) is 0 Å². The highest BCUT2D eigenvalue weighted by atomic mass is 15.2. The largest absolute Gasteiger partial charge is 0.312 e. The van der Waals surface area contributed by atoms with Crippen LogP contribution in [0, 0.1) is 11.8 Å². The van der Waals surface area contributed by atoms with E-state index in [0.717, 1.165) is 30.0 Å². The normalized spacial score (nSPS) is 22.4. The van der Waals surface area contributed by atoms with Crippen LogP contribution in [-0.4, -0.2) is 36.1 Å². The van der Waals surface area contributed by atoms with Gasteiger partial charge < -0.3 is 5.32 Å². The molecule has 2 rings (SSSR count). The minimum absolute atomic E-state index is 0.734. The second kappa shape index (κ2) is 7.79. The van der Waals surface area contributed by atoms with Gasteiger partial charge in [0.15, 0.2) is 0 Å². The lowest BCUT2D eigenvalue weighted by Gasteiger charge is -2.39. The average molecular weight is 280 g/mol. The van der Waals surface area contributed by atoms with Gasteiger partial charge in [-0.25, -0.2) is 0 Å². The van der Waals surface area contributed by atoms with Crippen molar-refractivity contribution >= 4 is 0 Å². The van der Waals surface area contributed by atoms with E-state index in [-0.39, 0.29) is 0 Å². The standard InChI is InChI=1S/C18H36N2/c1-14(2)11-12-20(17-7-5-6-8-17)18(15(3)4)13-19-16-9-10-16/h14-19H,5-13H2,1-4H3. The van der Waals surface area contributed by atoms with Crippen molar-refractivity contribution in [1.82, 2.24) is 10.2 Å². The maximum absolute atomic E-state index is 3.79. The molecule has 0 aliphatic heterocycles. The third-order valence-corrected chi connectivity index (χ3v) is 5.15. The van der Waals surface area contributed by atoms with Gasteiger partial charge in [-0.05, 0) is 50.5 Å². The third-order valence-electron chi connectivity index (χ3n) is 5.15. The Morgan fingerprint density at radius 3 is 2.15 bits per heavy atom. The van der Waals surface area contributed by atoms with Crippen molar-refractivity contribution in [3.63, 3.8) is 0 Å². The van der Waals surface area contributed by atoms with Crippen molar-refractivity contribution in [1.29, 1.82) is 0 Å². The van der Waals surface area contributed by atoms with E-state index in [2.05, 4.69) is 37.9 Å². The van der Waals surface area contributed by atoms with Crippen LogP contribution in [0.5, 0.6) is 0 Å². The Hall–Kier alpha value is -0.0800. The fourth-order valence-corrected chi connectivity index (χ4v) is 3.57. The van der Waals surface area contributed by atoms with E-state index in [0.29, 0.717) is 0 Å². The topological polar surface area (TPSA) is 15.3 Å². The summed E-state index contributed by atoms with van der Waals surface area (Å²) in [7, 11) is 0. The van der Waals surface area contributed by atoms with Crippen molar-refractivity contribution in [2.24, 2.45) is 11.8 Å². The predicted octanol–water partition coefficient (Wildman–Crippen LogP) is 4.05. The molecule has 0 aromatic heterocycles. The summed E-state index contributed by atoms with van der Waals surface area (Å²) in [6.07, 6.45) is 9.92. The van der Waals surface area contributed by atoms with Crippen molar-refractivity contribution in [2.75, 3.05) is 13.1 Å². The Kier molecular flexibility index (Phi) is 6.35. The number of rotatable bonds is 9. The molecule has 0 aromatic rings. The van der Waals surface area contributed by atoms with Crippen molar-refractivity contribution in [3.8, 4) is 0 Å². The van der Waals surface area contributed by atoms with E-state index >= 15 is 0 Å². The van der Waals surface area contributed by atoms with Gasteiger partial charge in [0.2, 0.25) is 0 Å². The monoisotopic (exact) mass is 280 g/mol. The summed E-state index contributed by atoms with van der Waals surface area (Å²) in [4.78, 5) is 2.88. The van der Waals surface area contributed by atoms with Crippen LogP contribution in [0.1, 0.15) is 72.6 Å². The van der Waals surface area contributed by atoms with E-state index in [1.54, 1.807) is 0 Å². The summed E-state index contributed by atoms with van der Waals surface area (Å²) >= 11 is 0. The molecule has 0 amide bonds. The van der Waals surface area contributed by atoms with Gasteiger partial charge in [0.1, 0.15) is 0 Å². The van der Waals surface area contributed by atoms with E-state index in [9.17, 15) is 0 Å². The molecule has 1 atom stereocenters. The Labute approximate surface area is 126 Å². The highest BCUT2D eigenvalue weighted by Crippen LogP contribution is 2.28. The van der Waals surface area contributed by atoms with Gasteiger partial charge in [0.25, 0.3) is 0 Å². The molecule has 0 saturated heterocycles. The molecule has 2 heteroatoms. The lowest BCUT2D eigenvalue weighted by atomic mass is 9.98. The summed E-state index contributed by atoms with van der Waals surface area (Å²) in [6, 6.07) is 2.44. The van der Waals surface area contributed by atoms with Crippen LogP contribution in [0.15, 0.2) is 0 Å². The molecule has 2 nitrogen and oxygen atoms in total. The SMILES string of the molecule is CC(C)CCN(C1CCCC1)C(CNC1CC1)C(C)C. The van der Waals surface area contributed by atoms with Gasteiger partial charge >= 0.3 is 0 Å². The first-order chi connectivity index (χ1) is 9.58. The molecule has 1 N–H and O–H groups in total. The number of hydrogen-bond donors (Lipinski definition) is 1. The highest BCUT2D eigenvalue weighted by Gasteiger charge is 2.31. The number of hydrogen-bond acceptors (Lipinski definition) is 2. The van der Waals surface area contributed by atoms with Gasteiger partial charge in [0, 0.05) is 24.7 Å². The summed E-state index contributed by atoms with van der Waals surface area (Å²) < 4.78 is 0. The zero-order chi connectivity index (χ0) is 14.5. The minimum atomic E-state index is 0.734. The van der Waals surface area contributed by atoms with E-state index in [1.807, 2.05) is 0 Å². The van der Waals surface area contributed by atoms with Crippen molar-refractivity contribution < 1.29 is 0 Å². The highest BCUT2D eigenvalue weighted by molar-refractivity contribution is 4.89. The molecule has 1 unspecified atom stereocenters. The maximum Gasteiger partial charge on any atom is 0.0246 e. The first kappa shape index (κ1) is 16.3. The molecular formula is C18H36N2. The van der Waals surface area contributed by atoms with Gasteiger partial charge in [0.05, 0.1) is 0 Å². The van der Waals surface area contributed by atoms with Crippen LogP contribution >= 0.6 is 0 Å². The molecule has 0 heterocycles. The molecule has 20 heavy (non-hydrogen) atoms. The maximum atomic E-state index is 3.79. The lowest BCUT2D eigenvalue weighted by Crippen LogP contribution is -2.50. The predicted molar refractivity (Wildman–Crippen MR) is 88.1 cm³/mol. The zero-order valence-corrected chi connectivity index (χ0v) is 14.2. The molecule has 2 fully saturated rings. The first-order valence-electron chi connectivity index (χ1n) is 9.07. The smallest absolute Gasteiger partial charge is 0.0246 e. The van der Waals surface area contributed by atoms with E-state index in [4.69, 9.17) is 0 Å². The van der Waals surface area contributed by atoms with Gasteiger partial charge in [-0.1, -0.05) is 40.5 Å². The molecular weight excluding hydrogens is 244 g/mol.